The Labute approximate surface area is 187 Å². The van der Waals surface area contributed by atoms with Crippen molar-refractivity contribution in [1.82, 2.24) is 25.7 Å². The Morgan fingerprint density at radius 3 is 2.91 bits per heavy atom. The van der Waals surface area contributed by atoms with E-state index in [1.165, 1.54) is 0 Å². The largest absolute Gasteiger partial charge is 0.508 e. The lowest BCUT2D eigenvalue weighted by atomic mass is 9.71. The molecule has 3 heterocycles. The van der Waals surface area contributed by atoms with Gasteiger partial charge in [0.1, 0.15) is 17.7 Å². The van der Waals surface area contributed by atoms with E-state index in [4.69, 9.17) is 0 Å². The van der Waals surface area contributed by atoms with Crippen molar-refractivity contribution < 1.29 is 14.3 Å². The fraction of sp³-hybridized carbons (Fsp3) is 0.500. The number of nitrogens with one attached hydrogen (secondary N) is 3. The highest BCUT2D eigenvalue weighted by Gasteiger charge is 2.48. The van der Waals surface area contributed by atoms with E-state index in [-0.39, 0.29) is 35.6 Å². The fourth-order valence-electron chi connectivity index (χ4n) is 5.56. The Morgan fingerprint density at radius 1 is 1.31 bits per heavy atom. The average molecular weight is 440 g/mol. The lowest BCUT2D eigenvalue weighted by Crippen LogP contribution is -2.45. The molecule has 5 atom stereocenters. The summed E-state index contributed by atoms with van der Waals surface area (Å²) in [6.45, 7) is 4.82. The molecule has 0 bridgehead atoms. The molecular weight excluding hydrogens is 409 g/mol. The smallest absolute Gasteiger partial charge is 0.220 e. The lowest BCUT2D eigenvalue weighted by molar-refractivity contribution is -0.127. The number of phenolic OH excluding ortho intramolecular Hbond substituents is 1. The molecule has 5 rings (SSSR count). The van der Waals surface area contributed by atoms with Crippen molar-refractivity contribution >= 4 is 11.5 Å². The molecule has 8 heteroatoms. The topological polar surface area (TPSA) is 93.3 Å². The summed E-state index contributed by atoms with van der Waals surface area (Å²) in [7, 11) is 0. The van der Waals surface area contributed by atoms with E-state index in [9.17, 15) is 9.90 Å². The van der Waals surface area contributed by atoms with E-state index in [1.54, 1.807) is 24.0 Å². The average Bonchev–Trinajstić information content (AvgIpc) is 3.52. The number of H-pyrrole nitrogens is 1. The molecule has 32 heavy (non-hydrogen) atoms. The van der Waals surface area contributed by atoms with Gasteiger partial charge in [0.2, 0.25) is 5.91 Å². The van der Waals surface area contributed by atoms with Gasteiger partial charge in [0.25, 0.3) is 0 Å². The number of aryl methyl sites for hydroxylation is 1. The fourth-order valence-corrected chi connectivity index (χ4v) is 5.56. The summed E-state index contributed by atoms with van der Waals surface area (Å²) in [4.78, 5) is 21.4. The van der Waals surface area contributed by atoms with Crippen LogP contribution in [0.2, 0.25) is 0 Å². The molecule has 1 saturated carbocycles. The second kappa shape index (κ2) is 8.33. The van der Waals surface area contributed by atoms with E-state index in [0.29, 0.717) is 13.1 Å². The third kappa shape index (κ3) is 3.61. The van der Waals surface area contributed by atoms with E-state index >= 15 is 4.39 Å². The van der Waals surface area contributed by atoms with Crippen molar-refractivity contribution in [2.24, 2.45) is 5.92 Å². The summed E-state index contributed by atoms with van der Waals surface area (Å²) in [6.07, 6.45) is 5.22. The van der Waals surface area contributed by atoms with Gasteiger partial charge in [-0.1, -0.05) is 19.1 Å². The Kier molecular flexibility index (Phi) is 5.51. The Bertz CT molecular complexity index is 1050. The quantitative estimate of drug-likeness (QED) is 0.588. The molecule has 0 radical (unpaired) electrons. The summed E-state index contributed by atoms with van der Waals surface area (Å²) in [5.41, 5.74) is 10.5. The first-order chi connectivity index (χ1) is 15.5. The van der Waals surface area contributed by atoms with Crippen molar-refractivity contribution in [1.29, 1.82) is 0 Å². The monoisotopic (exact) mass is 439 g/mol. The van der Waals surface area contributed by atoms with Crippen molar-refractivity contribution in [2.75, 3.05) is 13.1 Å². The van der Waals surface area contributed by atoms with Crippen molar-refractivity contribution in [2.45, 2.75) is 57.3 Å². The first-order valence-corrected chi connectivity index (χ1v) is 11.4. The van der Waals surface area contributed by atoms with Crippen LogP contribution in [-0.4, -0.2) is 51.2 Å². The van der Waals surface area contributed by atoms with Crippen LogP contribution in [0, 0.1) is 5.92 Å². The van der Waals surface area contributed by atoms with Crippen LogP contribution >= 0.6 is 0 Å². The number of fused-ring (bicyclic) bond motifs is 1. The molecule has 2 aromatic rings. The Balaban J connectivity index is 1.31. The number of hydrogen-bond donors (Lipinski definition) is 4. The molecule has 5 unspecified atom stereocenters. The maximum absolute atomic E-state index is 15.7. The molecule has 170 valence electrons. The van der Waals surface area contributed by atoms with Crippen LogP contribution in [0.3, 0.4) is 0 Å². The minimum atomic E-state index is -1.03. The summed E-state index contributed by atoms with van der Waals surface area (Å²) in [6, 6.07) is 4.90. The number of carbonyl (C=O) groups is 1. The molecule has 0 spiro atoms. The van der Waals surface area contributed by atoms with Gasteiger partial charge in [0, 0.05) is 31.8 Å². The van der Waals surface area contributed by atoms with Crippen LogP contribution < -0.4 is 10.9 Å². The van der Waals surface area contributed by atoms with Crippen LogP contribution in [-0.2, 0) is 11.2 Å². The van der Waals surface area contributed by atoms with Gasteiger partial charge < -0.3 is 15.0 Å². The number of imidazole rings is 1. The number of aromatic amines is 1. The molecule has 3 aliphatic rings. The Morgan fingerprint density at radius 2 is 2.16 bits per heavy atom. The zero-order valence-electron chi connectivity index (χ0n) is 18.4. The van der Waals surface area contributed by atoms with Gasteiger partial charge in [0.15, 0.2) is 0 Å². The van der Waals surface area contributed by atoms with Crippen LogP contribution in [0.1, 0.15) is 61.3 Å². The van der Waals surface area contributed by atoms with Crippen LogP contribution in [0.25, 0.3) is 5.57 Å². The third-order valence-electron chi connectivity index (χ3n) is 7.34. The predicted molar refractivity (Wildman–Crippen MR) is 119 cm³/mol. The van der Waals surface area contributed by atoms with Gasteiger partial charge in [-0.2, -0.15) is 0 Å². The number of hydrazine groups is 1. The van der Waals surface area contributed by atoms with Crippen molar-refractivity contribution in [3.63, 3.8) is 0 Å². The molecule has 2 aliphatic heterocycles. The van der Waals surface area contributed by atoms with Gasteiger partial charge in [-0.25, -0.2) is 14.8 Å². The number of benzene rings is 1. The number of rotatable bonds is 4. The number of halogens is 1. The molecule has 1 saturated heterocycles. The van der Waals surface area contributed by atoms with Gasteiger partial charge in [-0.05, 0) is 48.1 Å². The highest BCUT2D eigenvalue weighted by molar-refractivity contribution is 5.79. The van der Waals surface area contributed by atoms with E-state index < -0.39 is 6.17 Å². The summed E-state index contributed by atoms with van der Waals surface area (Å²) in [5.74, 6) is 0.993. The van der Waals surface area contributed by atoms with Crippen LogP contribution in [0.4, 0.5) is 4.39 Å². The van der Waals surface area contributed by atoms with Gasteiger partial charge in [-0.3, -0.25) is 10.2 Å². The summed E-state index contributed by atoms with van der Waals surface area (Å²) < 4.78 is 15.7. The molecule has 2 fully saturated rings. The predicted octanol–water partition coefficient (Wildman–Crippen LogP) is 2.97. The zero-order valence-corrected chi connectivity index (χ0v) is 18.4. The molecular formula is C24H30FN5O2. The molecule has 1 aromatic carbocycles. The van der Waals surface area contributed by atoms with Crippen molar-refractivity contribution in [3.05, 3.63) is 53.1 Å². The maximum Gasteiger partial charge on any atom is 0.220 e. The van der Waals surface area contributed by atoms with E-state index in [2.05, 4.69) is 20.8 Å². The molecule has 1 aromatic heterocycles. The van der Waals surface area contributed by atoms with Gasteiger partial charge in [-0.15, -0.1) is 0 Å². The maximum atomic E-state index is 15.7. The number of amides is 1. The van der Waals surface area contributed by atoms with Crippen LogP contribution in [0.5, 0.6) is 5.75 Å². The number of aromatic nitrogens is 2. The van der Waals surface area contributed by atoms with E-state index in [0.717, 1.165) is 47.5 Å². The van der Waals surface area contributed by atoms with Crippen LogP contribution in [0.15, 0.2) is 30.5 Å². The number of aromatic hydroxyl groups is 1. The number of alkyl halides is 1. The molecule has 4 N–H and O–H groups in total. The van der Waals surface area contributed by atoms with E-state index in [1.807, 2.05) is 25.3 Å². The second-order valence-corrected chi connectivity index (χ2v) is 9.13. The molecule has 1 amide bonds. The molecule has 1 aliphatic carbocycles. The highest BCUT2D eigenvalue weighted by atomic mass is 19.1. The summed E-state index contributed by atoms with van der Waals surface area (Å²) in [5, 5.41) is 9.82. The van der Waals surface area contributed by atoms with Crippen molar-refractivity contribution in [3.8, 4) is 5.75 Å². The van der Waals surface area contributed by atoms with Gasteiger partial charge in [0.05, 0.1) is 24.0 Å². The minimum Gasteiger partial charge on any atom is -0.508 e. The standard InChI is InChI=1S/C24H30FN5O2/c1-3-14-10-16(32)4-5-17(14)18-6-7-19-22(21(18)25)28-29-23(19)24-26-11-20(27-24)15-8-9-30(12-15)13(2)31/h4-5,8,10-11,18-19,21-23,28-29,32H,3,6-7,9,12H2,1-2H3,(H,26,27). The first kappa shape index (κ1) is 21.2. The normalized spacial score (nSPS) is 29.8. The number of carbonyl (C=O) groups excluding carboxylic acids is 1. The number of phenols is 1. The molecule has 7 nitrogen and oxygen atoms in total. The zero-order chi connectivity index (χ0) is 22.4. The second-order valence-electron chi connectivity index (χ2n) is 9.13. The highest BCUT2D eigenvalue weighted by Crippen LogP contribution is 2.45. The van der Waals surface area contributed by atoms with Gasteiger partial charge >= 0.3 is 0 Å². The Hall–Kier alpha value is -2.71. The lowest BCUT2D eigenvalue weighted by Gasteiger charge is -2.36. The first-order valence-electron chi connectivity index (χ1n) is 11.4. The number of nitrogens with zero attached hydrogens (tertiary/aromatic N) is 2. The minimum absolute atomic E-state index is 0.0612. The number of hydrogen-bond acceptors (Lipinski definition) is 5. The third-order valence-corrected chi connectivity index (χ3v) is 7.34. The SMILES string of the molecule is CCc1cc(O)ccc1C1CCC2C(c3ncc(C4=CCN(C(C)=O)C4)[nH]3)NNC2C1F. The summed E-state index contributed by atoms with van der Waals surface area (Å²) >= 11 is 0.